The summed E-state index contributed by atoms with van der Waals surface area (Å²) in [5.74, 6) is -0.0689. The molecule has 1 amide bonds. The lowest BCUT2D eigenvalue weighted by atomic mass is 9.97. The zero-order valence-electron chi connectivity index (χ0n) is 22.4. The molecule has 0 aromatic heterocycles. The first-order valence-electron chi connectivity index (χ1n) is 13.7. The SMILES string of the molecule is O=C(C[C@@H](NS(=O)(=O)c1ccc(Cl)c(Cl)c1)c1ccc(F)cc1)N[C@@H]1CCOc2cc(CN3CCCCC3)ccc21. The van der Waals surface area contributed by atoms with Gasteiger partial charge in [-0.25, -0.2) is 17.5 Å². The predicted molar refractivity (Wildman–Crippen MR) is 157 cm³/mol. The molecule has 0 aliphatic carbocycles. The maximum absolute atomic E-state index is 13.6. The summed E-state index contributed by atoms with van der Waals surface area (Å²) in [6, 6.07) is 14.2. The molecule has 0 bridgehead atoms. The number of halogens is 3. The Hall–Kier alpha value is -2.69. The average Bonchev–Trinajstić information content (AvgIpc) is 2.95. The molecule has 0 saturated carbocycles. The Morgan fingerprint density at radius 3 is 2.49 bits per heavy atom. The van der Waals surface area contributed by atoms with Crippen molar-refractivity contribution in [2.75, 3.05) is 19.7 Å². The van der Waals surface area contributed by atoms with E-state index in [1.807, 2.05) is 6.07 Å². The van der Waals surface area contributed by atoms with Gasteiger partial charge in [0.15, 0.2) is 0 Å². The van der Waals surface area contributed by atoms with E-state index in [1.54, 1.807) is 0 Å². The Balaban J connectivity index is 1.31. The second kappa shape index (κ2) is 13.1. The Bertz CT molecular complexity index is 1500. The molecule has 0 spiro atoms. The van der Waals surface area contributed by atoms with Gasteiger partial charge in [0.2, 0.25) is 15.9 Å². The van der Waals surface area contributed by atoms with E-state index in [-0.39, 0.29) is 33.3 Å². The number of amides is 1. The number of hydrogen-bond acceptors (Lipinski definition) is 5. The summed E-state index contributed by atoms with van der Waals surface area (Å²) in [6.45, 7) is 3.52. The quantitative estimate of drug-likeness (QED) is 0.299. The topological polar surface area (TPSA) is 87.7 Å². The molecule has 218 valence electrons. The second-order valence-electron chi connectivity index (χ2n) is 10.5. The first-order valence-corrected chi connectivity index (χ1v) is 15.9. The highest BCUT2D eigenvalue weighted by Gasteiger charge is 2.28. The molecular weight excluding hydrogens is 588 g/mol. The Morgan fingerprint density at radius 1 is 1.00 bits per heavy atom. The van der Waals surface area contributed by atoms with Gasteiger partial charge in [-0.1, -0.05) is 53.9 Å². The number of nitrogens with zero attached hydrogens (tertiary/aromatic N) is 1. The van der Waals surface area contributed by atoms with Crippen LogP contribution in [0.3, 0.4) is 0 Å². The molecular formula is C30H32Cl2FN3O4S. The van der Waals surface area contributed by atoms with Crippen LogP contribution in [-0.2, 0) is 21.4 Å². The number of sulfonamides is 1. The molecule has 3 aromatic rings. The van der Waals surface area contributed by atoms with E-state index < -0.39 is 21.9 Å². The normalized spacial score (nSPS) is 18.3. The molecule has 2 N–H and O–H groups in total. The summed E-state index contributed by atoms with van der Waals surface area (Å²) in [7, 11) is -4.09. The van der Waals surface area contributed by atoms with Gasteiger partial charge >= 0.3 is 0 Å². The minimum absolute atomic E-state index is 0.0860. The third-order valence-corrected chi connectivity index (χ3v) is 9.68. The van der Waals surface area contributed by atoms with Gasteiger partial charge in [-0.05, 0) is 73.5 Å². The summed E-state index contributed by atoms with van der Waals surface area (Å²) < 4.78 is 48.6. The Labute approximate surface area is 250 Å². The summed E-state index contributed by atoms with van der Waals surface area (Å²) in [5.41, 5.74) is 2.51. The average molecular weight is 621 g/mol. The van der Waals surface area contributed by atoms with Crippen LogP contribution in [0.15, 0.2) is 65.6 Å². The third-order valence-electron chi connectivity index (χ3n) is 7.47. The first kappa shape index (κ1) is 29.8. The van der Waals surface area contributed by atoms with Crippen molar-refractivity contribution in [1.29, 1.82) is 0 Å². The van der Waals surface area contributed by atoms with E-state index in [4.69, 9.17) is 27.9 Å². The highest BCUT2D eigenvalue weighted by Crippen LogP contribution is 2.34. The van der Waals surface area contributed by atoms with Gasteiger partial charge in [0, 0.05) is 24.9 Å². The lowest BCUT2D eigenvalue weighted by Gasteiger charge is -2.29. The van der Waals surface area contributed by atoms with Crippen molar-refractivity contribution in [2.24, 2.45) is 0 Å². The fourth-order valence-corrected chi connectivity index (χ4v) is 6.93. The van der Waals surface area contributed by atoms with Gasteiger partial charge in [0.25, 0.3) is 0 Å². The molecule has 5 rings (SSSR count). The minimum atomic E-state index is -4.09. The van der Waals surface area contributed by atoms with Gasteiger partial charge < -0.3 is 10.1 Å². The van der Waals surface area contributed by atoms with E-state index >= 15 is 0 Å². The first-order chi connectivity index (χ1) is 19.7. The maximum atomic E-state index is 13.6. The van der Waals surface area contributed by atoms with Gasteiger partial charge in [-0.2, -0.15) is 0 Å². The van der Waals surface area contributed by atoms with Crippen LogP contribution in [-0.4, -0.2) is 38.9 Å². The second-order valence-corrected chi connectivity index (χ2v) is 13.0. The monoisotopic (exact) mass is 619 g/mol. The van der Waals surface area contributed by atoms with Crippen molar-refractivity contribution in [1.82, 2.24) is 14.9 Å². The van der Waals surface area contributed by atoms with E-state index in [9.17, 15) is 17.6 Å². The van der Waals surface area contributed by atoms with E-state index in [0.29, 0.717) is 18.6 Å². The number of hydrogen-bond donors (Lipinski definition) is 2. The molecule has 11 heteroatoms. The van der Waals surface area contributed by atoms with Gasteiger partial charge in [-0.3, -0.25) is 9.69 Å². The number of fused-ring (bicyclic) bond motifs is 1. The molecule has 3 aromatic carbocycles. The van der Waals surface area contributed by atoms with Crippen molar-refractivity contribution in [3.63, 3.8) is 0 Å². The van der Waals surface area contributed by atoms with Crippen molar-refractivity contribution in [3.05, 3.63) is 93.2 Å². The zero-order chi connectivity index (χ0) is 29.0. The van der Waals surface area contributed by atoms with E-state index in [1.165, 1.54) is 67.3 Å². The Morgan fingerprint density at radius 2 is 1.76 bits per heavy atom. The molecule has 41 heavy (non-hydrogen) atoms. The number of likely N-dealkylation sites (tertiary alicyclic amines) is 1. The van der Waals surface area contributed by atoms with Crippen LogP contribution in [0.2, 0.25) is 10.0 Å². The van der Waals surface area contributed by atoms with Crippen LogP contribution in [0.5, 0.6) is 5.75 Å². The number of carbonyl (C=O) groups is 1. The zero-order valence-corrected chi connectivity index (χ0v) is 24.7. The van der Waals surface area contributed by atoms with Crippen molar-refractivity contribution < 1.29 is 22.3 Å². The van der Waals surface area contributed by atoms with Crippen molar-refractivity contribution in [2.45, 2.75) is 55.6 Å². The largest absolute Gasteiger partial charge is 0.493 e. The van der Waals surface area contributed by atoms with Crippen molar-refractivity contribution >= 4 is 39.1 Å². The summed E-state index contributed by atoms with van der Waals surface area (Å²) in [5, 5.41) is 3.36. The number of carbonyl (C=O) groups excluding carboxylic acids is 1. The molecule has 2 aliphatic heterocycles. The number of benzene rings is 3. The molecule has 2 heterocycles. The summed E-state index contributed by atoms with van der Waals surface area (Å²) in [4.78, 5) is 15.7. The van der Waals surface area contributed by atoms with Crippen LogP contribution < -0.4 is 14.8 Å². The lowest BCUT2D eigenvalue weighted by Crippen LogP contribution is -2.36. The van der Waals surface area contributed by atoms with Crippen LogP contribution in [0.25, 0.3) is 0 Å². The van der Waals surface area contributed by atoms with Gasteiger partial charge in [-0.15, -0.1) is 0 Å². The molecule has 7 nitrogen and oxygen atoms in total. The fraction of sp³-hybridized carbons (Fsp3) is 0.367. The number of rotatable bonds is 9. The fourth-order valence-electron chi connectivity index (χ4n) is 5.32. The van der Waals surface area contributed by atoms with Gasteiger partial charge in [0.1, 0.15) is 11.6 Å². The third kappa shape index (κ3) is 7.59. The number of piperidine rings is 1. The van der Waals surface area contributed by atoms with E-state index in [2.05, 4.69) is 27.1 Å². The van der Waals surface area contributed by atoms with Crippen LogP contribution in [0.1, 0.15) is 60.9 Å². The maximum Gasteiger partial charge on any atom is 0.241 e. The lowest BCUT2D eigenvalue weighted by molar-refractivity contribution is -0.122. The molecule has 0 unspecified atom stereocenters. The highest BCUT2D eigenvalue weighted by atomic mass is 35.5. The molecule has 1 saturated heterocycles. The van der Waals surface area contributed by atoms with Crippen LogP contribution in [0, 0.1) is 5.82 Å². The highest BCUT2D eigenvalue weighted by molar-refractivity contribution is 7.89. The molecule has 2 aliphatic rings. The smallest absolute Gasteiger partial charge is 0.241 e. The predicted octanol–water partition coefficient (Wildman–Crippen LogP) is 6.17. The summed E-state index contributed by atoms with van der Waals surface area (Å²) >= 11 is 12.0. The molecule has 2 atom stereocenters. The van der Waals surface area contributed by atoms with Crippen LogP contribution in [0.4, 0.5) is 4.39 Å². The van der Waals surface area contributed by atoms with Crippen molar-refractivity contribution in [3.8, 4) is 5.75 Å². The van der Waals surface area contributed by atoms with E-state index in [0.717, 1.165) is 30.9 Å². The Kier molecular flexibility index (Phi) is 9.51. The minimum Gasteiger partial charge on any atom is -0.493 e. The van der Waals surface area contributed by atoms with Crippen LogP contribution >= 0.6 is 23.2 Å². The summed E-state index contributed by atoms with van der Waals surface area (Å²) in [6.07, 6.45) is 4.10. The number of nitrogens with one attached hydrogen (secondary N) is 2. The van der Waals surface area contributed by atoms with Gasteiger partial charge in [0.05, 0.1) is 33.6 Å². The number of ether oxygens (including phenoxy) is 1. The molecule has 0 radical (unpaired) electrons. The molecule has 1 fully saturated rings. The standard InChI is InChI=1S/C30H32Cl2FN3O4S/c31-25-11-9-23(17-26(25)32)41(38,39)35-28(21-5-7-22(33)8-6-21)18-30(37)34-27-12-15-40-29-16-20(4-10-24(27)29)19-36-13-2-1-3-14-36/h4-11,16-17,27-28,35H,1-3,12-15,18-19H2,(H,34,37)/t27-,28-/m1/s1.